The first-order chi connectivity index (χ1) is 31.3. The maximum Gasteiger partial charge on any atom is 0.410 e. The van der Waals surface area contributed by atoms with Crippen molar-refractivity contribution in [1.82, 2.24) is 9.80 Å². The fourth-order valence-electron chi connectivity index (χ4n) is 8.80. The zero-order valence-electron chi connectivity index (χ0n) is 36.6. The van der Waals surface area contributed by atoms with E-state index in [2.05, 4.69) is 15.9 Å². The molecule has 336 valence electrons. The summed E-state index contributed by atoms with van der Waals surface area (Å²) in [5.74, 6) is 0.879. The molecule has 5 aromatic rings. The van der Waals surface area contributed by atoms with Crippen LogP contribution in [0.3, 0.4) is 0 Å². The summed E-state index contributed by atoms with van der Waals surface area (Å²) >= 11 is 0. The Bertz CT molecular complexity index is 2290. The second-order valence-electron chi connectivity index (χ2n) is 16.5. The van der Waals surface area contributed by atoms with Gasteiger partial charge < -0.3 is 48.0 Å². The van der Waals surface area contributed by atoms with Crippen LogP contribution in [0.1, 0.15) is 41.0 Å². The van der Waals surface area contributed by atoms with E-state index in [1.807, 2.05) is 103 Å². The van der Waals surface area contributed by atoms with E-state index in [0.717, 1.165) is 71.9 Å². The minimum atomic E-state index is -0.570. The van der Waals surface area contributed by atoms with Crippen LogP contribution in [0.15, 0.2) is 127 Å². The molecule has 0 bridgehead atoms. The highest BCUT2D eigenvalue weighted by Gasteiger charge is 2.44. The molecule has 13 heteroatoms. The van der Waals surface area contributed by atoms with Crippen molar-refractivity contribution in [2.75, 3.05) is 76.4 Å². The van der Waals surface area contributed by atoms with Crippen molar-refractivity contribution < 1.29 is 42.4 Å². The Labute approximate surface area is 375 Å². The van der Waals surface area contributed by atoms with Crippen LogP contribution in [0.25, 0.3) is 0 Å². The minimum Gasteiger partial charge on any atom is -0.490 e. The van der Waals surface area contributed by atoms with Gasteiger partial charge >= 0.3 is 12.2 Å². The van der Waals surface area contributed by atoms with Crippen LogP contribution in [-0.2, 0) is 38.8 Å². The third-order valence-corrected chi connectivity index (χ3v) is 12.2. The Morgan fingerprint density at radius 2 is 1.53 bits per heavy atom. The van der Waals surface area contributed by atoms with E-state index in [1.54, 1.807) is 36.1 Å². The van der Waals surface area contributed by atoms with Crippen LogP contribution in [0.5, 0.6) is 11.5 Å². The molecule has 0 radical (unpaired) electrons. The molecule has 5 aromatic carbocycles. The lowest BCUT2D eigenvalue weighted by atomic mass is 9.82. The van der Waals surface area contributed by atoms with Crippen LogP contribution in [0.4, 0.5) is 25.4 Å². The Kier molecular flexibility index (Phi) is 14.8. The number of rotatable bonds is 16. The Balaban J connectivity index is 1.06. The molecule has 12 nitrogen and oxygen atoms in total. The zero-order chi connectivity index (χ0) is 44.3. The van der Waals surface area contributed by atoms with E-state index in [9.17, 15) is 14.0 Å². The van der Waals surface area contributed by atoms with Gasteiger partial charge in [0.25, 0.3) is 0 Å². The fraction of sp³-hybridized carbons (Fsp3) is 0.373. The first kappa shape index (κ1) is 44.3. The molecule has 4 unspecified atom stereocenters. The van der Waals surface area contributed by atoms with E-state index < -0.39 is 24.3 Å². The fourth-order valence-corrected chi connectivity index (χ4v) is 8.80. The van der Waals surface area contributed by atoms with Gasteiger partial charge in [-0.15, -0.1) is 0 Å². The smallest absolute Gasteiger partial charge is 0.410 e. The second-order valence-corrected chi connectivity index (χ2v) is 16.5. The molecule has 8 rings (SSSR count). The van der Waals surface area contributed by atoms with Crippen molar-refractivity contribution in [1.29, 1.82) is 0 Å². The van der Waals surface area contributed by atoms with Crippen molar-refractivity contribution in [3.8, 4) is 11.5 Å². The molecule has 0 aromatic heterocycles. The Hall–Kier alpha value is -6.31. The van der Waals surface area contributed by atoms with Crippen molar-refractivity contribution in [2.24, 2.45) is 0 Å². The van der Waals surface area contributed by atoms with Gasteiger partial charge in [0.1, 0.15) is 43.2 Å². The molecule has 0 aliphatic carbocycles. The number of fused-ring (bicyclic) bond motifs is 1. The number of likely N-dealkylation sites (N-methyl/N-ethyl adjacent to an activating group) is 1. The summed E-state index contributed by atoms with van der Waals surface area (Å²) in [6.07, 6.45) is 0.00835. The highest BCUT2D eigenvalue weighted by atomic mass is 19.1. The molecule has 0 saturated carbocycles. The van der Waals surface area contributed by atoms with Crippen LogP contribution in [-0.4, -0.2) is 107 Å². The number of anilines is 2. The SMILES string of the molecule is COCCCN1CCOc2ccc(COC3CN(C(=O)OCc4ccccc4)CC(N(C)C(=O)OCc4ccccc4)C3c3ccc(OC4CCN(c5cccc(F)c5)C4)cc3)cc21. The highest BCUT2D eigenvalue weighted by molar-refractivity contribution is 5.70. The van der Waals surface area contributed by atoms with Crippen LogP contribution < -0.4 is 19.3 Å². The van der Waals surface area contributed by atoms with E-state index >= 15 is 0 Å². The third kappa shape index (κ3) is 11.2. The highest BCUT2D eigenvalue weighted by Crippen LogP contribution is 2.38. The van der Waals surface area contributed by atoms with E-state index in [-0.39, 0.29) is 50.7 Å². The molecule has 3 aliphatic rings. The lowest BCUT2D eigenvalue weighted by Crippen LogP contribution is -2.59. The predicted molar refractivity (Wildman–Crippen MR) is 242 cm³/mol. The van der Waals surface area contributed by atoms with Gasteiger partial charge in [-0.25, -0.2) is 14.0 Å². The molecule has 3 heterocycles. The first-order valence-corrected chi connectivity index (χ1v) is 22.1. The van der Waals surface area contributed by atoms with Crippen molar-refractivity contribution in [3.63, 3.8) is 0 Å². The summed E-state index contributed by atoms with van der Waals surface area (Å²) in [4.78, 5) is 35.6. The molecule has 0 N–H and O–H groups in total. The van der Waals surface area contributed by atoms with E-state index in [0.29, 0.717) is 25.5 Å². The molecular formula is C51H57FN4O8. The topological polar surface area (TPSA) is 102 Å². The average molecular weight is 873 g/mol. The lowest BCUT2D eigenvalue weighted by molar-refractivity contribution is -0.0512. The monoisotopic (exact) mass is 872 g/mol. The molecule has 3 aliphatic heterocycles. The first-order valence-electron chi connectivity index (χ1n) is 22.1. The number of amides is 2. The number of carbonyl (C=O) groups is 2. The summed E-state index contributed by atoms with van der Waals surface area (Å²) in [5, 5.41) is 0. The third-order valence-electron chi connectivity index (χ3n) is 12.2. The van der Waals surface area contributed by atoms with Crippen molar-refractivity contribution in [2.45, 2.75) is 56.8 Å². The van der Waals surface area contributed by atoms with Gasteiger partial charge in [-0.1, -0.05) is 84.9 Å². The minimum absolute atomic E-state index is 0.0773. The van der Waals surface area contributed by atoms with Gasteiger partial charge in [-0.2, -0.15) is 0 Å². The summed E-state index contributed by atoms with van der Waals surface area (Å²) in [6.45, 7) is 5.11. The molecule has 0 spiro atoms. The van der Waals surface area contributed by atoms with Gasteiger partial charge in [0.05, 0.1) is 44.1 Å². The van der Waals surface area contributed by atoms with Crippen LogP contribution in [0.2, 0.25) is 0 Å². The van der Waals surface area contributed by atoms with Crippen molar-refractivity contribution >= 4 is 23.6 Å². The maximum absolute atomic E-state index is 14.0. The normalized spacial score (nSPS) is 19.4. The number of carbonyl (C=O) groups excluding carboxylic acids is 2. The number of likely N-dealkylation sites (tertiary alicyclic amines) is 1. The number of nitrogens with zero attached hydrogens (tertiary/aromatic N) is 4. The molecule has 2 saturated heterocycles. The summed E-state index contributed by atoms with van der Waals surface area (Å²) < 4.78 is 50.5. The van der Waals surface area contributed by atoms with Crippen LogP contribution >= 0.6 is 0 Å². The summed E-state index contributed by atoms with van der Waals surface area (Å²) in [5.41, 5.74) is 5.43. The maximum atomic E-state index is 14.0. The van der Waals surface area contributed by atoms with Gasteiger partial charge in [0.2, 0.25) is 0 Å². The number of hydrogen-bond donors (Lipinski definition) is 0. The predicted octanol–water partition coefficient (Wildman–Crippen LogP) is 8.68. The zero-order valence-corrected chi connectivity index (χ0v) is 36.6. The largest absolute Gasteiger partial charge is 0.490 e. The standard InChI is InChI=1S/C51H57FN4O8/c1-53(50(57)62-34-37-11-5-3-6-12-37)46-32-56(51(58)63-35-38-13-7-4-8-14-38)33-48(61-36-39-17-22-47-45(29-39)54(26-28-60-47)24-10-27-59-2)49(46)40-18-20-43(21-19-40)64-44-23-25-55(31-44)42-16-9-15-41(52)30-42/h3-9,11-22,29-30,44,46,48-49H,10,23-28,31-36H2,1-2H3. The van der Waals surface area contributed by atoms with Crippen molar-refractivity contribution in [3.05, 3.63) is 155 Å². The Morgan fingerprint density at radius 3 is 2.27 bits per heavy atom. The molecular weight excluding hydrogens is 816 g/mol. The van der Waals surface area contributed by atoms with Crippen LogP contribution in [0, 0.1) is 5.82 Å². The van der Waals surface area contributed by atoms with Gasteiger partial charge in [-0.05, 0) is 71.1 Å². The molecule has 64 heavy (non-hydrogen) atoms. The van der Waals surface area contributed by atoms with Gasteiger partial charge in [0.15, 0.2) is 0 Å². The Morgan fingerprint density at radius 1 is 0.781 bits per heavy atom. The number of piperidine rings is 1. The number of hydrogen-bond acceptors (Lipinski definition) is 10. The van der Waals surface area contributed by atoms with Gasteiger partial charge in [-0.3, -0.25) is 0 Å². The number of ether oxygens (including phenoxy) is 6. The molecule has 2 fully saturated rings. The molecule has 2 amide bonds. The number of benzene rings is 5. The van der Waals surface area contributed by atoms with Gasteiger partial charge in [0, 0.05) is 58.4 Å². The lowest BCUT2D eigenvalue weighted by Gasteiger charge is -2.46. The summed E-state index contributed by atoms with van der Waals surface area (Å²) in [7, 11) is 3.43. The number of halogens is 1. The molecule has 4 atom stereocenters. The quantitative estimate of drug-likeness (QED) is 0.0896. The van der Waals surface area contributed by atoms with E-state index in [4.69, 9.17) is 28.4 Å². The average Bonchev–Trinajstić information content (AvgIpc) is 3.81. The van der Waals surface area contributed by atoms with E-state index in [1.165, 1.54) is 6.07 Å². The second kappa shape index (κ2) is 21.4. The summed E-state index contributed by atoms with van der Waals surface area (Å²) in [6, 6.07) is 39.2. The number of methoxy groups -OCH3 is 1.